The van der Waals surface area contributed by atoms with Crippen LogP contribution in [0.15, 0.2) is 0 Å². The molecule has 206 valence electrons. The Kier molecular flexibility index (Phi) is 11.9. The first-order valence-corrected chi connectivity index (χ1v) is 15.6. The third-order valence-corrected chi connectivity index (χ3v) is 9.49. The van der Waals surface area contributed by atoms with Crippen LogP contribution in [0.2, 0.25) is 0 Å². The average molecular weight is 543 g/mol. The van der Waals surface area contributed by atoms with Crippen LogP contribution < -0.4 is 0 Å². The number of hydrogen-bond acceptors (Lipinski definition) is 6. The molecule has 0 aliphatic carbocycles. The van der Waals surface area contributed by atoms with Crippen molar-refractivity contribution in [3.05, 3.63) is 0 Å². The second-order valence-corrected chi connectivity index (χ2v) is 13.7. The summed E-state index contributed by atoms with van der Waals surface area (Å²) < 4.78 is 0. The molecular weight excluding hydrogens is 496 g/mol. The summed E-state index contributed by atoms with van der Waals surface area (Å²) in [6, 6.07) is -0.289. The maximum absolute atomic E-state index is 12.3. The number of carbonyl (C=O) groups excluding carboxylic acids is 4. The lowest BCUT2D eigenvalue weighted by molar-refractivity contribution is -0.126. The minimum atomic E-state index is -0.144. The molecule has 2 rings (SSSR count). The molecule has 10 heteroatoms. The number of hydrogen-bond donors (Lipinski definition) is 0. The molecule has 0 N–H and O–H groups in total. The predicted octanol–water partition coefficient (Wildman–Crippen LogP) is 4.63. The summed E-state index contributed by atoms with van der Waals surface area (Å²) in [6.45, 7) is 15.3. The fourth-order valence-corrected chi connectivity index (χ4v) is 6.96. The lowest BCUT2D eigenvalue weighted by Gasteiger charge is -2.27. The Bertz CT molecular complexity index is 726. The maximum Gasteiger partial charge on any atom is 0.327 e. The van der Waals surface area contributed by atoms with Crippen molar-refractivity contribution in [3.63, 3.8) is 0 Å². The SMILES string of the molecule is CCN1CC(=O)N(CCC(C)(C)CCSCCSCCC(C)(C)CCN2C(=O)CN(CC)C2=O)C1=O. The van der Waals surface area contributed by atoms with Gasteiger partial charge < -0.3 is 9.80 Å². The molecule has 8 nitrogen and oxygen atoms in total. The van der Waals surface area contributed by atoms with Crippen molar-refractivity contribution in [1.82, 2.24) is 19.6 Å². The molecule has 0 aromatic carbocycles. The minimum Gasteiger partial charge on any atom is -0.315 e. The van der Waals surface area contributed by atoms with Gasteiger partial charge in [-0.05, 0) is 61.9 Å². The number of thioether (sulfide) groups is 2. The van der Waals surface area contributed by atoms with E-state index in [1.165, 1.54) is 9.80 Å². The molecule has 2 aliphatic rings. The summed E-state index contributed by atoms with van der Waals surface area (Å²) in [5.74, 6) is 4.23. The third-order valence-electron chi connectivity index (χ3n) is 7.26. The van der Waals surface area contributed by atoms with Crippen LogP contribution in [0.4, 0.5) is 9.59 Å². The van der Waals surface area contributed by atoms with Crippen molar-refractivity contribution in [2.24, 2.45) is 10.8 Å². The first kappa shape index (κ1) is 30.8. The Morgan fingerprint density at radius 2 is 0.972 bits per heavy atom. The van der Waals surface area contributed by atoms with Gasteiger partial charge in [-0.25, -0.2) is 9.59 Å². The van der Waals surface area contributed by atoms with Crippen molar-refractivity contribution in [1.29, 1.82) is 0 Å². The Hall–Kier alpha value is -1.42. The Morgan fingerprint density at radius 1 is 0.611 bits per heavy atom. The summed E-state index contributed by atoms with van der Waals surface area (Å²) >= 11 is 3.94. The highest BCUT2D eigenvalue weighted by Crippen LogP contribution is 2.30. The normalized spacial score (nSPS) is 17.4. The van der Waals surface area contributed by atoms with Crippen LogP contribution in [-0.4, -0.2) is 106 Å². The molecule has 36 heavy (non-hydrogen) atoms. The van der Waals surface area contributed by atoms with Gasteiger partial charge in [0.05, 0.1) is 0 Å². The Morgan fingerprint density at radius 3 is 1.28 bits per heavy atom. The summed E-state index contributed by atoms with van der Waals surface area (Å²) in [5.41, 5.74) is 0.188. The maximum atomic E-state index is 12.3. The summed E-state index contributed by atoms with van der Waals surface area (Å²) in [4.78, 5) is 54.7. The highest BCUT2D eigenvalue weighted by atomic mass is 32.2. The summed E-state index contributed by atoms with van der Waals surface area (Å²) in [6.07, 6.45) is 3.79. The zero-order chi connectivity index (χ0) is 26.9. The zero-order valence-corrected chi connectivity index (χ0v) is 24.8. The van der Waals surface area contributed by atoms with Gasteiger partial charge in [0.2, 0.25) is 11.8 Å². The molecule has 0 aromatic heterocycles. The summed E-state index contributed by atoms with van der Waals surface area (Å²) in [5, 5.41) is 0. The second kappa shape index (κ2) is 13.9. The monoisotopic (exact) mass is 542 g/mol. The Labute approximate surface area is 226 Å². The number of rotatable bonds is 17. The number of imide groups is 2. The second-order valence-electron chi connectivity index (χ2n) is 11.2. The average Bonchev–Trinajstić information content (AvgIpc) is 3.25. The first-order chi connectivity index (χ1) is 16.9. The van der Waals surface area contributed by atoms with E-state index in [2.05, 4.69) is 27.7 Å². The van der Waals surface area contributed by atoms with Crippen LogP contribution in [0, 0.1) is 10.8 Å². The highest BCUT2D eigenvalue weighted by Gasteiger charge is 2.36. The molecule has 0 bridgehead atoms. The van der Waals surface area contributed by atoms with Gasteiger partial charge in [-0.1, -0.05) is 27.7 Å². The smallest absolute Gasteiger partial charge is 0.315 e. The van der Waals surface area contributed by atoms with E-state index in [-0.39, 0.29) is 47.8 Å². The lowest BCUT2D eigenvalue weighted by Crippen LogP contribution is -2.35. The molecule has 6 amide bonds. The van der Waals surface area contributed by atoms with Gasteiger partial charge in [0.25, 0.3) is 0 Å². The fourth-order valence-electron chi connectivity index (χ4n) is 4.22. The molecular formula is C26H46N4O4S2. The molecule has 0 spiro atoms. The van der Waals surface area contributed by atoms with Gasteiger partial charge in [0.1, 0.15) is 13.1 Å². The van der Waals surface area contributed by atoms with Gasteiger partial charge in [0.15, 0.2) is 0 Å². The molecule has 2 aliphatic heterocycles. The largest absolute Gasteiger partial charge is 0.327 e. The standard InChI is InChI=1S/C26H46N4O4S2/c1-7-27-19-21(31)29(23(27)33)13-9-25(3,4)11-15-35-17-18-36-16-12-26(5,6)10-14-30-22(32)20-28(8-2)24(30)34/h7-20H2,1-6H3. The van der Waals surface area contributed by atoms with E-state index in [9.17, 15) is 19.2 Å². The van der Waals surface area contributed by atoms with Crippen molar-refractivity contribution in [3.8, 4) is 0 Å². The minimum absolute atomic E-state index is 0.0756. The first-order valence-electron chi connectivity index (χ1n) is 13.2. The van der Waals surface area contributed by atoms with Crippen LogP contribution in [0.5, 0.6) is 0 Å². The van der Waals surface area contributed by atoms with Gasteiger partial charge in [0, 0.05) is 37.7 Å². The number of nitrogens with zero attached hydrogens (tertiary/aromatic N) is 4. The van der Waals surface area contributed by atoms with E-state index in [0.717, 1.165) is 48.7 Å². The van der Waals surface area contributed by atoms with Gasteiger partial charge in [-0.15, -0.1) is 0 Å². The van der Waals surface area contributed by atoms with E-state index < -0.39 is 0 Å². The highest BCUT2D eigenvalue weighted by molar-refractivity contribution is 8.02. The van der Waals surface area contributed by atoms with Crippen LogP contribution in [0.1, 0.15) is 67.2 Å². The van der Waals surface area contributed by atoms with Crippen molar-refractivity contribution in [2.75, 3.05) is 62.3 Å². The van der Waals surface area contributed by atoms with Crippen molar-refractivity contribution >= 4 is 47.4 Å². The molecule has 0 saturated carbocycles. The van der Waals surface area contributed by atoms with Crippen molar-refractivity contribution in [2.45, 2.75) is 67.2 Å². The van der Waals surface area contributed by atoms with E-state index >= 15 is 0 Å². The third kappa shape index (κ3) is 9.15. The molecule has 2 fully saturated rings. The predicted molar refractivity (Wildman–Crippen MR) is 149 cm³/mol. The number of likely N-dealkylation sites (N-methyl/N-ethyl adjacent to an activating group) is 2. The molecule has 2 heterocycles. The number of urea groups is 2. The quantitative estimate of drug-likeness (QED) is 0.197. The van der Waals surface area contributed by atoms with Gasteiger partial charge in [-0.3, -0.25) is 19.4 Å². The van der Waals surface area contributed by atoms with E-state index in [0.29, 0.717) is 26.2 Å². The van der Waals surface area contributed by atoms with Gasteiger partial charge >= 0.3 is 12.1 Å². The molecule has 0 atom stereocenters. The molecule has 0 radical (unpaired) electrons. The molecule has 2 saturated heterocycles. The fraction of sp³-hybridized carbons (Fsp3) is 0.846. The van der Waals surface area contributed by atoms with Crippen LogP contribution >= 0.6 is 23.5 Å². The van der Waals surface area contributed by atoms with Crippen LogP contribution in [-0.2, 0) is 9.59 Å². The van der Waals surface area contributed by atoms with Crippen LogP contribution in [0.25, 0.3) is 0 Å². The molecule has 0 unspecified atom stereocenters. The zero-order valence-electron chi connectivity index (χ0n) is 23.1. The Balaban J connectivity index is 1.54. The number of amides is 6. The van der Waals surface area contributed by atoms with Crippen LogP contribution in [0.3, 0.4) is 0 Å². The van der Waals surface area contributed by atoms with E-state index in [1.807, 2.05) is 37.4 Å². The molecule has 0 aromatic rings. The lowest BCUT2D eigenvalue weighted by atomic mass is 9.86. The van der Waals surface area contributed by atoms with E-state index in [4.69, 9.17) is 0 Å². The summed E-state index contributed by atoms with van der Waals surface area (Å²) in [7, 11) is 0. The number of carbonyl (C=O) groups is 4. The topological polar surface area (TPSA) is 81.2 Å². The van der Waals surface area contributed by atoms with E-state index in [1.54, 1.807) is 9.80 Å². The van der Waals surface area contributed by atoms with Crippen molar-refractivity contribution < 1.29 is 19.2 Å². The van der Waals surface area contributed by atoms with Gasteiger partial charge in [-0.2, -0.15) is 23.5 Å².